The third kappa shape index (κ3) is 2.83. The molecule has 3 rings (SSSR count). The van der Waals surface area contributed by atoms with E-state index >= 15 is 0 Å². The van der Waals surface area contributed by atoms with Crippen molar-refractivity contribution >= 4 is 22.5 Å². The van der Waals surface area contributed by atoms with Gasteiger partial charge in [0.1, 0.15) is 5.41 Å². The lowest BCUT2D eigenvalue weighted by atomic mass is 9.81. The number of hydrogen-bond acceptors (Lipinski definition) is 4. The summed E-state index contributed by atoms with van der Waals surface area (Å²) in [6.07, 6.45) is 0.755. The van der Waals surface area contributed by atoms with Crippen molar-refractivity contribution in [2.24, 2.45) is 5.41 Å². The van der Waals surface area contributed by atoms with Gasteiger partial charge in [-0.15, -0.1) is 0 Å². The lowest BCUT2D eigenvalue weighted by molar-refractivity contribution is -0.126. The largest absolute Gasteiger partial charge is 0.381 e. The van der Waals surface area contributed by atoms with E-state index in [-0.39, 0.29) is 11.3 Å². The Kier molecular flexibility index (Phi) is 3.89. The first kappa shape index (κ1) is 15.3. The number of rotatable bonds is 2. The molecule has 1 aromatic carbocycles. The van der Waals surface area contributed by atoms with E-state index in [1.807, 2.05) is 6.92 Å². The van der Waals surface area contributed by atoms with Gasteiger partial charge in [-0.2, -0.15) is 5.26 Å². The molecule has 2 aromatic rings. The Balaban J connectivity index is 1.91. The first-order valence-electron chi connectivity index (χ1n) is 7.48. The molecule has 23 heavy (non-hydrogen) atoms. The van der Waals surface area contributed by atoms with E-state index < -0.39 is 5.41 Å². The summed E-state index contributed by atoms with van der Waals surface area (Å²) in [6.45, 7) is 2.62. The van der Waals surface area contributed by atoms with Crippen LogP contribution in [0.5, 0.6) is 0 Å². The molecule has 0 unspecified atom stereocenters. The normalized spacial score (nSPS) is 16.7. The fourth-order valence-electron chi connectivity index (χ4n) is 2.82. The number of amides is 1. The summed E-state index contributed by atoms with van der Waals surface area (Å²) in [5.74, 6) is -0.341. The monoisotopic (exact) mass is 311 g/mol. The van der Waals surface area contributed by atoms with Crippen LogP contribution in [-0.2, 0) is 9.53 Å². The number of nitrogens with one attached hydrogen (secondary N) is 2. The molecule has 1 fully saturated rings. The predicted octanol–water partition coefficient (Wildman–Crippen LogP) is 2.10. The van der Waals surface area contributed by atoms with E-state index in [4.69, 9.17) is 4.74 Å². The van der Waals surface area contributed by atoms with Gasteiger partial charge >= 0.3 is 0 Å². The Morgan fingerprint density at radius 2 is 2.09 bits per heavy atom. The minimum Gasteiger partial charge on any atom is -0.381 e. The number of pyridine rings is 1. The molecule has 118 valence electrons. The summed E-state index contributed by atoms with van der Waals surface area (Å²) in [5, 5.41) is 12.7. The second-order valence-electron chi connectivity index (χ2n) is 5.84. The highest BCUT2D eigenvalue weighted by Crippen LogP contribution is 2.31. The fourth-order valence-corrected chi connectivity index (χ4v) is 2.82. The van der Waals surface area contributed by atoms with Gasteiger partial charge in [-0.25, -0.2) is 0 Å². The quantitative estimate of drug-likeness (QED) is 0.888. The number of ether oxygens (including phenoxy) is 1. The van der Waals surface area contributed by atoms with Crippen molar-refractivity contribution in [3.8, 4) is 6.07 Å². The Morgan fingerprint density at radius 3 is 2.78 bits per heavy atom. The van der Waals surface area contributed by atoms with Crippen molar-refractivity contribution in [3.05, 3.63) is 40.2 Å². The molecular formula is C17H17N3O3. The first-order chi connectivity index (χ1) is 11.0. The van der Waals surface area contributed by atoms with E-state index in [0.29, 0.717) is 42.6 Å². The van der Waals surface area contributed by atoms with Crippen LogP contribution in [0, 0.1) is 23.7 Å². The van der Waals surface area contributed by atoms with Gasteiger partial charge in [0.15, 0.2) is 5.43 Å². The molecule has 6 heteroatoms. The van der Waals surface area contributed by atoms with Gasteiger partial charge < -0.3 is 15.0 Å². The maximum absolute atomic E-state index is 12.5. The van der Waals surface area contributed by atoms with Crippen molar-refractivity contribution < 1.29 is 9.53 Å². The predicted molar refractivity (Wildman–Crippen MR) is 86.0 cm³/mol. The van der Waals surface area contributed by atoms with E-state index in [2.05, 4.69) is 16.4 Å². The van der Waals surface area contributed by atoms with Gasteiger partial charge in [0.05, 0.1) is 6.07 Å². The zero-order chi connectivity index (χ0) is 16.4. The van der Waals surface area contributed by atoms with Crippen LogP contribution < -0.4 is 10.7 Å². The molecule has 0 saturated carbocycles. The minimum absolute atomic E-state index is 0.103. The highest BCUT2D eigenvalue weighted by atomic mass is 16.5. The third-order valence-electron chi connectivity index (χ3n) is 4.22. The summed E-state index contributed by atoms with van der Waals surface area (Å²) in [7, 11) is 0. The lowest BCUT2D eigenvalue weighted by Gasteiger charge is -2.29. The van der Waals surface area contributed by atoms with Gasteiger partial charge in [-0.1, -0.05) is 0 Å². The second-order valence-corrected chi connectivity index (χ2v) is 5.84. The molecule has 6 nitrogen and oxygen atoms in total. The minimum atomic E-state index is -1.06. The molecule has 1 aromatic heterocycles. The van der Waals surface area contributed by atoms with E-state index in [1.165, 1.54) is 6.07 Å². The Morgan fingerprint density at radius 1 is 1.35 bits per heavy atom. The van der Waals surface area contributed by atoms with Gasteiger partial charge in [-0.3, -0.25) is 9.59 Å². The average molecular weight is 311 g/mol. The van der Waals surface area contributed by atoms with Crippen molar-refractivity contribution in [3.63, 3.8) is 0 Å². The summed E-state index contributed by atoms with van der Waals surface area (Å²) < 4.78 is 5.23. The highest BCUT2D eigenvalue weighted by Gasteiger charge is 2.40. The molecule has 0 aliphatic carbocycles. The standard InChI is InChI=1S/C17H17N3O3/c1-11-8-15(21)13-9-12(2-3-14(13)19-11)20-16(22)17(10-18)4-6-23-7-5-17/h2-3,8-9H,4-7H2,1H3,(H,19,21)(H,20,22). The zero-order valence-corrected chi connectivity index (χ0v) is 12.8. The van der Waals surface area contributed by atoms with E-state index in [1.54, 1.807) is 18.2 Å². The van der Waals surface area contributed by atoms with E-state index in [0.717, 1.165) is 5.69 Å². The summed E-state index contributed by atoms with van der Waals surface area (Å²) in [4.78, 5) is 27.7. The highest BCUT2D eigenvalue weighted by molar-refractivity contribution is 5.98. The molecule has 1 aliphatic rings. The molecule has 0 bridgehead atoms. The maximum Gasteiger partial charge on any atom is 0.245 e. The second kappa shape index (κ2) is 5.86. The number of nitrogens with zero attached hydrogens (tertiary/aromatic N) is 1. The van der Waals surface area contributed by atoms with Crippen molar-refractivity contribution in [1.29, 1.82) is 5.26 Å². The first-order valence-corrected chi connectivity index (χ1v) is 7.48. The SMILES string of the molecule is Cc1cc(=O)c2cc(NC(=O)C3(C#N)CCOCC3)ccc2[nH]1. The van der Waals surface area contributed by atoms with Crippen LogP contribution in [0.15, 0.2) is 29.1 Å². The number of aromatic amines is 1. The van der Waals surface area contributed by atoms with Crippen LogP contribution >= 0.6 is 0 Å². The van der Waals surface area contributed by atoms with Gasteiger partial charge in [0, 0.05) is 41.6 Å². The Hall–Kier alpha value is -2.65. The number of hydrogen-bond donors (Lipinski definition) is 2. The summed E-state index contributed by atoms with van der Waals surface area (Å²) >= 11 is 0. The van der Waals surface area contributed by atoms with Crippen molar-refractivity contribution in [2.45, 2.75) is 19.8 Å². The summed E-state index contributed by atoms with van der Waals surface area (Å²) in [5.41, 5.74) is 0.845. The maximum atomic E-state index is 12.5. The van der Waals surface area contributed by atoms with Crippen molar-refractivity contribution in [1.82, 2.24) is 4.98 Å². The molecule has 0 atom stereocenters. The number of anilines is 1. The molecule has 0 spiro atoms. The van der Waals surface area contributed by atoms with Gasteiger partial charge in [-0.05, 0) is 38.0 Å². The molecule has 0 radical (unpaired) electrons. The Labute approximate surface area is 133 Å². The number of aromatic nitrogens is 1. The Bertz CT molecular complexity index is 857. The number of nitriles is 1. The number of carbonyl (C=O) groups excluding carboxylic acids is 1. The summed E-state index contributed by atoms with van der Waals surface area (Å²) in [6, 6.07) is 8.76. The molecule has 1 saturated heterocycles. The number of aryl methyl sites for hydroxylation is 1. The smallest absolute Gasteiger partial charge is 0.245 e. The van der Waals surface area contributed by atoms with Crippen LogP contribution in [0.3, 0.4) is 0 Å². The van der Waals surface area contributed by atoms with Crippen LogP contribution in [0.2, 0.25) is 0 Å². The fraction of sp³-hybridized carbons (Fsp3) is 0.353. The molecular weight excluding hydrogens is 294 g/mol. The van der Waals surface area contributed by atoms with Gasteiger partial charge in [0.2, 0.25) is 5.91 Å². The van der Waals surface area contributed by atoms with Crippen LogP contribution in [0.1, 0.15) is 18.5 Å². The number of carbonyl (C=O) groups is 1. The number of H-pyrrole nitrogens is 1. The number of fused-ring (bicyclic) bond motifs is 1. The van der Waals surface area contributed by atoms with Crippen LogP contribution in [-0.4, -0.2) is 24.1 Å². The molecule has 2 heterocycles. The lowest BCUT2D eigenvalue weighted by Crippen LogP contribution is -2.39. The molecule has 2 N–H and O–H groups in total. The molecule has 1 amide bonds. The number of benzene rings is 1. The third-order valence-corrected chi connectivity index (χ3v) is 4.22. The molecule has 1 aliphatic heterocycles. The average Bonchev–Trinajstić information content (AvgIpc) is 2.56. The zero-order valence-electron chi connectivity index (χ0n) is 12.8. The van der Waals surface area contributed by atoms with E-state index in [9.17, 15) is 14.9 Å². The van der Waals surface area contributed by atoms with Gasteiger partial charge in [0.25, 0.3) is 0 Å². The topological polar surface area (TPSA) is 95.0 Å². The van der Waals surface area contributed by atoms with Crippen LogP contribution in [0.4, 0.5) is 5.69 Å². The van der Waals surface area contributed by atoms with Crippen LogP contribution in [0.25, 0.3) is 10.9 Å². The van der Waals surface area contributed by atoms with Crippen molar-refractivity contribution in [2.75, 3.05) is 18.5 Å².